The molecule has 2 aliphatic heterocycles. The number of aromatic nitrogens is 2. The van der Waals surface area contributed by atoms with E-state index in [0.29, 0.717) is 24.8 Å². The van der Waals surface area contributed by atoms with Crippen LogP contribution in [-0.2, 0) is 11.3 Å². The Morgan fingerprint density at radius 3 is 2.60 bits per heavy atom. The molecule has 4 rings (SSSR count). The van der Waals surface area contributed by atoms with E-state index >= 15 is 0 Å². The molecule has 2 saturated heterocycles. The van der Waals surface area contributed by atoms with Gasteiger partial charge in [-0.1, -0.05) is 0 Å². The van der Waals surface area contributed by atoms with Crippen molar-refractivity contribution < 1.29 is 4.74 Å². The van der Waals surface area contributed by atoms with Crippen LogP contribution in [0.25, 0.3) is 0 Å². The van der Waals surface area contributed by atoms with Gasteiger partial charge < -0.3 is 9.64 Å². The maximum atomic E-state index is 5.74. The Balaban J connectivity index is 1.46. The van der Waals surface area contributed by atoms with Gasteiger partial charge in [0, 0.05) is 31.2 Å². The van der Waals surface area contributed by atoms with E-state index < -0.39 is 0 Å². The predicted octanol–water partition coefficient (Wildman–Crippen LogP) is 1.44. The van der Waals surface area contributed by atoms with Gasteiger partial charge in [0.25, 0.3) is 0 Å². The molecule has 0 radical (unpaired) electrons. The van der Waals surface area contributed by atoms with Crippen LogP contribution >= 0.6 is 0 Å². The van der Waals surface area contributed by atoms with Crippen molar-refractivity contribution in [3.8, 4) is 0 Å². The maximum Gasteiger partial charge on any atom is 0.132 e. The van der Waals surface area contributed by atoms with E-state index in [0.717, 1.165) is 24.6 Å². The monoisotopic (exact) mass is 274 g/mol. The molecule has 1 aliphatic carbocycles. The Morgan fingerprint density at radius 1 is 1.15 bits per heavy atom. The largest absolute Gasteiger partial charge is 0.372 e. The Labute approximate surface area is 120 Å². The van der Waals surface area contributed by atoms with Gasteiger partial charge in [-0.25, -0.2) is 9.97 Å². The number of piperazine rings is 1. The Hall–Kier alpha value is -1.20. The van der Waals surface area contributed by atoms with Crippen molar-refractivity contribution in [1.29, 1.82) is 0 Å². The van der Waals surface area contributed by atoms with Crippen molar-refractivity contribution >= 4 is 5.82 Å². The second-order valence-electron chi connectivity index (χ2n) is 6.33. The lowest BCUT2D eigenvalue weighted by molar-refractivity contribution is 0.103. The van der Waals surface area contributed by atoms with Crippen molar-refractivity contribution in [2.24, 2.45) is 0 Å². The zero-order valence-corrected chi connectivity index (χ0v) is 12.0. The predicted molar refractivity (Wildman–Crippen MR) is 76.6 cm³/mol. The molecule has 1 saturated carbocycles. The van der Waals surface area contributed by atoms with E-state index in [2.05, 4.69) is 32.9 Å². The maximum absolute atomic E-state index is 5.74. The van der Waals surface area contributed by atoms with Crippen molar-refractivity contribution in [2.45, 2.75) is 50.5 Å². The molecule has 3 aliphatic rings. The summed E-state index contributed by atoms with van der Waals surface area (Å²) in [7, 11) is 2.26. The van der Waals surface area contributed by atoms with Crippen molar-refractivity contribution in [3.05, 3.63) is 18.1 Å². The van der Waals surface area contributed by atoms with Crippen LogP contribution in [0, 0.1) is 0 Å². The minimum Gasteiger partial charge on any atom is -0.372 e. The standard InChI is InChI=1S/C15H22N4O/c1-18-12-2-3-13(18)8-19(7-12)15-6-11(16-10-17-15)9-20-14-4-5-14/h6,10,12-14H,2-5,7-9H2,1H3. The van der Waals surface area contributed by atoms with Gasteiger partial charge in [-0.3, -0.25) is 4.90 Å². The van der Waals surface area contributed by atoms with E-state index in [1.807, 2.05) is 0 Å². The third kappa shape index (κ3) is 2.40. The van der Waals surface area contributed by atoms with Crippen LogP contribution in [0.5, 0.6) is 0 Å². The lowest BCUT2D eigenvalue weighted by Crippen LogP contribution is -2.52. The van der Waals surface area contributed by atoms with Gasteiger partial charge in [-0.2, -0.15) is 0 Å². The fourth-order valence-corrected chi connectivity index (χ4v) is 3.38. The van der Waals surface area contributed by atoms with Crippen molar-refractivity contribution in [3.63, 3.8) is 0 Å². The molecule has 0 spiro atoms. The molecular weight excluding hydrogens is 252 g/mol. The van der Waals surface area contributed by atoms with Gasteiger partial charge >= 0.3 is 0 Å². The minimum atomic E-state index is 0.480. The van der Waals surface area contributed by atoms with Gasteiger partial charge in [0.05, 0.1) is 18.4 Å². The summed E-state index contributed by atoms with van der Waals surface area (Å²) in [5, 5.41) is 0. The third-order valence-corrected chi connectivity index (χ3v) is 4.87. The summed E-state index contributed by atoms with van der Waals surface area (Å²) >= 11 is 0. The number of likely N-dealkylation sites (N-methyl/N-ethyl adjacent to an activating group) is 1. The Morgan fingerprint density at radius 2 is 1.90 bits per heavy atom. The van der Waals surface area contributed by atoms with E-state index in [1.165, 1.54) is 25.7 Å². The lowest BCUT2D eigenvalue weighted by Gasteiger charge is -2.39. The first-order valence-corrected chi connectivity index (χ1v) is 7.69. The topological polar surface area (TPSA) is 41.5 Å². The number of anilines is 1. The first kappa shape index (κ1) is 12.5. The van der Waals surface area contributed by atoms with Crippen LogP contribution in [0.1, 0.15) is 31.4 Å². The average molecular weight is 274 g/mol. The molecule has 3 fully saturated rings. The molecule has 0 N–H and O–H groups in total. The van der Waals surface area contributed by atoms with Crippen molar-refractivity contribution in [2.75, 3.05) is 25.0 Å². The molecule has 0 amide bonds. The lowest BCUT2D eigenvalue weighted by atomic mass is 10.2. The second kappa shape index (κ2) is 4.97. The summed E-state index contributed by atoms with van der Waals surface area (Å²) in [5.74, 6) is 1.07. The summed E-state index contributed by atoms with van der Waals surface area (Å²) in [6.07, 6.45) is 7.22. The summed E-state index contributed by atoms with van der Waals surface area (Å²) < 4.78 is 5.74. The van der Waals surface area contributed by atoms with Gasteiger partial charge in [-0.05, 0) is 32.7 Å². The van der Waals surface area contributed by atoms with E-state index in [1.54, 1.807) is 6.33 Å². The number of rotatable bonds is 4. The summed E-state index contributed by atoms with van der Waals surface area (Å²) in [6.45, 7) is 2.81. The molecule has 1 aromatic heterocycles. The summed E-state index contributed by atoms with van der Waals surface area (Å²) in [4.78, 5) is 13.8. The normalized spacial score (nSPS) is 29.9. The highest BCUT2D eigenvalue weighted by Crippen LogP contribution is 2.30. The van der Waals surface area contributed by atoms with Crippen LogP contribution in [0.3, 0.4) is 0 Å². The molecular formula is C15H22N4O. The molecule has 1 aromatic rings. The molecule has 20 heavy (non-hydrogen) atoms. The Bertz CT molecular complexity index is 477. The van der Waals surface area contributed by atoms with E-state index in [-0.39, 0.29) is 0 Å². The van der Waals surface area contributed by atoms with E-state index in [4.69, 9.17) is 4.74 Å². The van der Waals surface area contributed by atoms with Crippen LogP contribution in [0.2, 0.25) is 0 Å². The highest BCUT2D eigenvalue weighted by Gasteiger charge is 2.37. The third-order valence-electron chi connectivity index (χ3n) is 4.87. The smallest absolute Gasteiger partial charge is 0.132 e. The van der Waals surface area contributed by atoms with Crippen LogP contribution < -0.4 is 4.90 Å². The number of hydrogen-bond acceptors (Lipinski definition) is 5. The van der Waals surface area contributed by atoms with Gasteiger partial charge in [-0.15, -0.1) is 0 Å². The van der Waals surface area contributed by atoms with Crippen LogP contribution in [-0.4, -0.2) is 53.2 Å². The van der Waals surface area contributed by atoms with E-state index in [9.17, 15) is 0 Å². The number of hydrogen-bond donors (Lipinski definition) is 0. The number of ether oxygens (including phenoxy) is 1. The molecule has 2 atom stereocenters. The van der Waals surface area contributed by atoms with Crippen LogP contribution in [0.4, 0.5) is 5.82 Å². The molecule has 108 valence electrons. The first-order chi connectivity index (χ1) is 9.79. The fourth-order valence-electron chi connectivity index (χ4n) is 3.38. The SMILES string of the molecule is CN1C2CCC1CN(c1cc(COC3CC3)ncn1)C2. The number of fused-ring (bicyclic) bond motifs is 2. The van der Waals surface area contributed by atoms with Crippen molar-refractivity contribution in [1.82, 2.24) is 14.9 Å². The molecule has 3 heterocycles. The molecule has 5 nitrogen and oxygen atoms in total. The summed E-state index contributed by atoms with van der Waals surface area (Å²) in [5.41, 5.74) is 1.01. The number of nitrogens with zero attached hydrogens (tertiary/aromatic N) is 4. The molecule has 0 aromatic carbocycles. The fraction of sp³-hybridized carbons (Fsp3) is 0.733. The highest BCUT2D eigenvalue weighted by atomic mass is 16.5. The average Bonchev–Trinajstić information content (AvgIpc) is 3.27. The Kier molecular flexibility index (Phi) is 3.11. The molecule has 2 unspecified atom stereocenters. The molecule has 2 bridgehead atoms. The zero-order valence-electron chi connectivity index (χ0n) is 12.0. The summed E-state index contributed by atoms with van der Waals surface area (Å²) in [6, 6.07) is 3.48. The highest BCUT2D eigenvalue weighted by molar-refractivity contribution is 5.40. The first-order valence-electron chi connectivity index (χ1n) is 7.69. The zero-order chi connectivity index (χ0) is 13.5. The van der Waals surface area contributed by atoms with Gasteiger partial charge in [0.1, 0.15) is 12.1 Å². The van der Waals surface area contributed by atoms with Gasteiger partial charge in [0.15, 0.2) is 0 Å². The minimum absolute atomic E-state index is 0.480. The van der Waals surface area contributed by atoms with Gasteiger partial charge in [0.2, 0.25) is 0 Å². The second-order valence-corrected chi connectivity index (χ2v) is 6.33. The quantitative estimate of drug-likeness (QED) is 0.831. The molecule has 5 heteroatoms. The van der Waals surface area contributed by atoms with Crippen LogP contribution in [0.15, 0.2) is 12.4 Å².